The van der Waals surface area contributed by atoms with Gasteiger partial charge in [0, 0.05) is 32.6 Å². The van der Waals surface area contributed by atoms with Gasteiger partial charge in [0.05, 0.1) is 4.90 Å². The number of hydrogen-bond donors (Lipinski definition) is 1. The van der Waals surface area contributed by atoms with Gasteiger partial charge in [-0.15, -0.1) is 0 Å². The molecule has 0 aliphatic carbocycles. The quantitative estimate of drug-likeness (QED) is 0.782. The predicted octanol–water partition coefficient (Wildman–Crippen LogP) is 0.909. The molecule has 7 heteroatoms. The Hall–Kier alpha value is -1.44. The number of nitrogens with zero attached hydrogens (tertiary/aromatic N) is 2. The van der Waals surface area contributed by atoms with Crippen molar-refractivity contribution in [2.24, 2.45) is 0 Å². The zero-order valence-electron chi connectivity index (χ0n) is 13.6. The van der Waals surface area contributed by atoms with Crippen LogP contribution < -0.4 is 5.32 Å². The number of nitrogens with one attached hydrogen (secondary N) is 1. The maximum Gasteiger partial charge on any atom is 0.243 e. The van der Waals surface area contributed by atoms with E-state index < -0.39 is 10.0 Å². The van der Waals surface area contributed by atoms with Crippen molar-refractivity contribution in [3.63, 3.8) is 0 Å². The summed E-state index contributed by atoms with van der Waals surface area (Å²) in [5.74, 6) is 0.110. The van der Waals surface area contributed by atoms with Gasteiger partial charge in [0.1, 0.15) is 0 Å². The van der Waals surface area contributed by atoms with Gasteiger partial charge in [0.2, 0.25) is 15.9 Å². The topological polar surface area (TPSA) is 69.7 Å². The molecule has 1 aromatic carbocycles. The van der Waals surface area contributed by atoms with Crippen molar-refractivity contribution >= 4 is 15.9 Å². The van der Waals surface area contributed by atoms with Gasteiger partial charge in [-0.2, -0.15) is 4.31 Å². The molecule has 1 N–H and O–H groups in total. The highest BCUT2D eigenvalue weighted by Crippen LogP contribution is 2.17. The third-order valence-electron chi connectivity index (χ3n) is 4.01. The molecule has 1 amide bonds. The van der Waals surface area contributed by atoms with E-state index in [0.29, 0.717) is 43.9 Å². The summed E-state index contributed by atoms with van der Waals surface area (Å²) in [7, 11) is -1.61. The van der Waals surface area contributed by atoms with Gasteiger partial charge in [0.15, 0.2) is 0 Å². The lowest BCUT2D eigenvalue weighted by Gasteiger charge is -2.22. The lowest BCUT2D eigenvalue weighted by atomic mass is 10.2. The highest BCUT2D eigenvalue weighted by Gasteiger charge is 2.27. The Bertz CT molecular complexity index is 604. The molecule has 6 nitrogen and oxygen atoms in total. The van der Waals surface area contributed by atoms with Crippen LogP contribution in [0, 0.1) is 0 Å². The van der Waals surface area contributed by atoms with Crippen molar-refractivity contribution in [3.05, 3.63) is 30.3 Å². The fourth-order valence-electron chi connectivity index (χ4n) is 2.70. The fraction of sp³-hybridized carbons (Fsp3) is 0.562. The molecule has 1 aliphatic heterocycles. The summed E-state index contributed by atoms with van der Waals surface area (Å²) in [6.07, 6.45) is 1.98. The van der Waals surface area contributed by atoms with Crippen LogP contribution in [-0.4, -0.2) is 63.3 Å². The van der Waals surface area contributed by atoms with Gasteiger partial charge < -0.3 is 10.2 Å². The first kappa shape index (κ1) is 17.9. The number of carbonyl (C=O) groups is 1. The van der Waals surface area contributed by atoms with Crippen LogP contribution in [0.2, 0.25) is 0 Å². The largest absolute Gasteiger partial charge is 0.341 e. The van der Waals surface area contributed by atoms with Gasteiger partial charge in [-0.3, -0.25) is 4.79 Å². The maximum atomic E-state index is 12.6. The van der Waals surface area contributed by atoms with E-state index in [1.165, 1.54) is 4.31 Å². The molecule has 0 aromatic heterocycles. The lowest BCUT2D eigenvalue weighted by Crippen LogP contribution is -2.37. The van der Waals surface area contributed by atoms with Crippen LogP contribution in [0.15, 0.2) is 35.2 Å². The Kier molecular flexibility index (Phi) is 6.56. The third-order valence-corrected chi connectivity index (χ3v) is 5.92. The number of sulfonamides is 1. The molecule has 0 bridgehead atoms. The zero-order valence-corrected chi connectivity index (χ0v) is 14.4. The van der Waals surface area contributed by atoms with Gasteiger partial charge >= 0.3 is 0 Å². The van der Waals surface area contributed by atoms with Crippen molar-refractivity contribution in [1.82, 2.24) is 14.5 Å². The van der Waals surface area contributed by atoms with Crippen LogP contribution in [0.5, 0.6) is 0 Å². The second-order valence-electron chi connectivity index (χ2n) is 5.66. The minimum absolute atomic E-state index is 0.110. The van der Waals surface area contributed by atoms with Crippen LogP contribution in [0.3, 0.4) is 0 Å². The first-order chi connectivity index (χ1) is 11.1. The lowest BCUT2D eigenvalue weighted by molar-refractivity contribution is -0.131. The Balaban J connectivity index is 1.97. The Morgan fingerprint density at radius 3 is 2.57 bits per heavy atom. The van der Waals surface area contributed by atoms with E-state index in [1.54, 1.807) is 35.2 Å². The number of carbonyl (C=O) groups excluding carboxylic acids is 1. The molecule has 1 saturated heterocycles. The van der Waals surface area contributed by atoms with E-state index in [1.807, 2.05) is 7.05 Å². The molecular formula is C16H25N3O3S. The second kappa shape index (κ2) is 8.42. The molecule has 0 unspecified atom stereocenters. The van der Waals surface area contributed by atoms with Crippen LogP contribution in [-0.2, 0) is 14.8 Å². The highest BCUT2D eigenvalue weighted by molar-refractivity contribution is 7.89. The SMILES string of the molecule is CNCCCC(=O)N1CCCN(S(=O)(=O)c2ccccc2)CC1. The van der Waals surface area contributed by atoms with E-state index in [4.69, 9.17) is 0 Å². The van der Waals surface area contributed by atoms with Crippen molar-refractivity contribution < 1.29 is 13.2 Å². The molecule has 128 valence electrons. The van der Waals surface area contributed by atoms with Crippen molar-refractivity contribution in [2.75, 3.05) is 39.8 Å². The molecular weight excluding hydrogens is 314 g/mol. The summed E-state index contributed by atoms with van der Waals surface area (Å²) >= 11 is 0. The van der Waals surface area contributed by atoms with E-state index >= 15 is 0 Å². The van der Waals surface area contributed by atoms with Gasteiger partial charge in [-0.05, 0) is 38.6 Å². The number of amides is 1. The van der Waals surface area contributed by atoms with E-state index in [-0.39, 0.29) is 5.91 Å². The Morgan fingerprint density at radius 2 is 1.87 bits per heavy atom. The number of rotatable bonds is 6. The Labute approximate surface area is 138 Å². The number of hydrogen-bond acceptors (Lipinski definition) is 4. The van der Waals surface area contributed by atoms with Crippen LogP contribution in [0.4, 0.5) is 0 Å². The minimum Gasteiger partial charge on any atom is -0.341 e. The van der Waals surface area contributed by atoms with E-state index in [2.05, 4.69) is 5.32 Å². The molecule has 1 aromatic rings. The molecule has 1 heterocycles. The van der Waals surface area contributed by atoms with Crippen LogP contribution >= 0.6 is 0 Å². The van der Waals surface area contributed by atoms with Crippen molar-refractivity contribution in [1.29, 1.82) is 0 Å². The molecule has 1 aliphatic rings. The summed E-state index contributed by atoms with van der Waals surface area (Å²) in [5, 5.41) is 3.03. The average molecular weight is 339 g/mol. The van der Waals surface area contributed by atoms with Crippen molar-refractivity contribution in [2.45, 2.75) is 24.2 Å². The third kappa shape index (κ3) is 4.76. The van der Waals surface area contributed by atoms with Gasteiger partial charge in [-0.1, -0.05) is 18.2 Å². The summed E-state index contributed by atoms with van der Waals surface area (Å²) in [6, 6.07) is 8.47. The maximum absolute atomic E-state index is 12.6. The molecule has 0 spiro atoms. The average Bonchev–Trinajstić information content (AvgIpc) is 2.82. The van der Waals surface area contributed by atoms with E-state index in [0.717, 1.165) is 13.0 Å². The summed E-state index contributed by atoms with van der Waals surface area (Å²) < 4.78 is 26.8. The van der Waals surface area contributed by atoms with E-state index in [9.17, 15) is 13.2 Å². The first-order valence-corrected chi connectivity index (χ1v) is 9.47. The zero-order chi connectivity index (χ0) is 16.7. The highest BCUT2D eigenvalue weighted by atomic mass is 32.2. The molecule has 0 saturated carbocycles. The second-order valence-corrected chi connectivity index (χ2v) is 7.60. The van der Waals surface area contributed by atoms with Gasteiger partial charge in [-0.25, -0.2) is 8.42 Å². The normalized spacial score (nSPS) is 17.0. The monoisotopic (exact) mass is 339 g/mol. The van der Waals surface area contributed by atoms with Crippen molar-refractivity contribution in [3.8, 4) is 0 Å². The van der Waals surface area contributed by atoms with Gasteiger partial charge in [0.25, 0.3) is 0 Å². The Morgan fingerprint density at radius 1 is 1.13 bits per heavy atom. The molecule has 0 atom stereocenters. The smallest absolute Gasteiger partial charge is 0.243 e. The molecule has 0 radical (unpaired) electrons. The predicted molar refractivity (Wildman–Crippen MR) is 89.6 cm³/mol. The van der Waals surface area contributed by atoms with Crippen LogP contribution in [0.25, 0.3) is 0 Å². The molecule has 23 heavy (non-hydrogen) atoms. The molecule has 1 fully saturated rings. The fourth-order valence-corrected chi connectivity index (χ4v) is 4.19. The van der Waals surface area contributed by atoms with Crippen LogP contribution in [0.1, 0.15) is 19.3 Å². The standard InChI is InChI=1S/C16H25N3O3S/c1-17-10-5-9-16(20)18-11-6-12-19(14-13-18)23(21,22)15-7-3-2-4-8-15/h2-4,7-8,17H,5-6,9-14H2,1H3. The summed E-state index contributed by atoms with van der Waals surface area (Å²) in [4.78, 5) is 14.3. The number of benzene rings is 1. The first-order valence-electron chi connectivity index (χ1n) is 8.03. The minimum atomic E-state index is -3.47. The summed E-state index contributed by atoms with van der Waals surface area (Å²) in [6.45, 7) is 2.71. The molecule has 2 rings (SSSR count). The summed E-state index contributed by atoms with van der Waals surface area (Å²) in [5.41, 5.74) is 0.